The Bertz CT molecular complexity index is 436. The van der Waals surface area contributed by atoms with Gasteiger partial charge in [-0.1, -0.05) is 30.3 Å². The van der Waals surface area contributed by atoms with Crippen LogP contribution in [0.1, 0.15) is 5.56 Å². The van der Waals surface area contributed by atoms with Crippen LogP contribution in [0.4, 0.5) is 4.79 Å². The van der Waals surface area contributed by atoms with Gasteiger partial charge < -0.3 is 19.1 Å². The molecule has 3 rings (SSSR count). The molecule has 0 N–H and O–H groups in total. The highest BCUT2D eigenvalue weighted by Gasteiger charge is 2.42. The molecule has 1 aromatic rings. The van der Waals surface area contributed by atoms with Crippen LogP contribution in [0, 0.1) is 0 Å². The molecule has 1 amide bonds. The SMILES string of the molecule is O=C(OCc1ccccc1)N1CCOCC2OC2C1. The summed E-state index contributed by atoms with van der Waals surface area (Å²) in [4.78, 5) is 13.7. The number of ether oxygens (including phenoxy) is 3. The fraction of sp³-hybridized carbons (Fsp3) is 0.500. The minimum Gasteiger partial charge on any atom is -0.445 e. The van der Waals surface area contributed by atoms with Gasteiger partial charge in [-0.05, 0) is 5.56 Å². The summed E-state index contributed by atoms with van der Waals surface area (Å²) in [7, 11) is 0. The monoisotopic (exact) mass is 263 g/mol. The van der Waals surface area contributed by atoms with Gasteiger partial charge in [0.2, 0.25) is 0 Å². The normalized spacial score (nSPS) is 26.0. The third-order valence-electron chi connectivity index (χ3n) is 3.34. The molecule has 2 aliphatic heterocycles. The van der Waals surface area contributed by atoms with Crippen LogP contribution in [-0.2, 0) is 20.8 Å². The standard InChI is InChI=1S/C14H17NO4/c16-14(18-9-11-4-2-1-3-5-11)15-6-7-17-10-13-12(8-15)19-13/h1-5,12-13H,6-10H2. The van der Waals surface area contributed by atoms with E-state index in [2.05, 4.69) is 0 Å². The zero-order chi connectivity index (χ0) is 13.1. The molecule has 2 unspecified atom stereocenters. The minimum atomic E-state index is -0.302. The van der Waals surface area contributed by atoms with Crippen LogP contribution >= 0.6 is 0 Å². The molecular formula is C14H17NO4. The first-order valence-corrected chi connectivity index (χ1v) is 6.52. The van der Waals surface area contributed by atoms with E-state index in [4.69, 9.17) is 14.2 Å². The number of amides is 1. The van der Waals surface area contributed by atoms with Gasteiger partial charge >= 0.3 is 6.09 Å². The van der Waals surface area contributed by atoms with E-state index in [-0.39, 0.29) is 18.3 Å². The van der Waals surface area contributed by atoms with Crippen LogP contribution in [0.15, 0.2) is 30.3 Å². The van der Waals surface area contributed by atoms with Crippen molar-refractivity contribution in [3.05, 3.63) is 35.9 Å². The molecule has 2 aliphatic rings. The van der Waals surface area contributed by atoms with Crippen LogP contribution < -0.4 is 0 Å². The van der Waals surface area contributed by atoms with Gasteiger partial charge in [0.05, 0.1) is 19.8 Å². The third kappa shape index (κ3) is 3.24. The maximum atomic E-state index is 12.0. The number of epoxide rings is 1. The number of benzene rings is 1. The Labute approximate surface area is 112 Å². The van der Waals surface area contributed by atoms with Gasteiger partial charge in [0, 0.05) is 6.54 Å². The Morgan fingerprint density at radius 3 is 3.00 bits per heavy atom. The number of hydrogen-bond donors (Lipinski definition) is 0. The molecule has 0 spiro atoms. The Kier molecular flexibility index (Phi) is 3.66. The lowest BCUT2D eigenvalue weighted by molar-refractivity contribution is 0.0640. The topological polar surface area (TPSA) is 51.3 Å². The number of carbonyl (C=O) groups excluding carboxylic acids is 1. The van der Waals surface area contributed by atoms with E-state index in [1.165, 1.54) is 0 Å². The van der Waals surface area contributed by atoms with Gasteiger partial charge in [-0.25, -0.2) is 4.79 Å². The lowest BCUT2D eigenvalue weighted by Gasteiger charge is -2.22. The minimum absolute atomic E-state index is 0.115. The van der Waals surface area contributed by atoms with Gasteiger partial charge in [-0.15, -0.1) is 0 Å². The predicted molar refractivity (Wildman–Crippen MR) is 67.7 cm³/mol. The van der Waals surface area contributed by atoms with Crippen molar-refractivity contribution in [2.45, 2.75) is 18.8 Å². The molecule has 0 radical (unpaired) electrons. The van der Waals surface area contributed by atoms with Crippen molar-refractivity contribution in [3.63, 3.8) is 0 Å². The van der Waals surface area contributed by atoms with E-state index in [1.54, 1.807) is 4.90 Å². The van der Waals surface area contributed by atoms with Gasteiger partial charge in [0.25, 0.3) is 0 Å². The predicted octanol–water partition coefficient (Wildman–Crippen LogP) is 1.42. The fourth-order valence-electron chi connectivity index (χ4n) is 2.15. The number of fused-ring (bicyclic) bond motifs is 1. The maximum absolute atomic E-state index is 12.0. The van der Waals surface area contributed by atoms with Gasteiger partial charge in [-0.3, -0.25) is 0 Å². The summed E-state index contributed by atoms with van der Waals surface area (Å²) in [6.45, 7) is 2.62. The first-order valence-electron chi connectivity index (χ1n) is 6.52. The second-order valence-electron chi connectivity index (χ2n) is 4.77. The highest BCUT2D eigenvalue weighted by Crippen LogP contribution is 2.25. The van der Waals surface area contributed by atoms with Crippen LogP contribution in [0.25, 0.3) is 0 Å². The number of nitrogens with zero attached hydrogens (tertiary/aromatic N) is 1. The Morgan fingerprint density at radius 1 is 1.32 bits per heavy atom. The molecule has 5 nitrogen and oxygen atoms in total. The molecular weight excluding hydrogens is 246 g/mol. The van der Waals surface area contributed by atoms with Crippen molar-refractivity contribution in [1.82, 2.24) is 4.90 Å². The van der Waals surface area contributed by atoms with Crippen LogP contribution in [0.2, 0.25) is 0 Å². The van der Waals surface area contributed by atoms with Crippen LogP contribution in [0.5, 0.6) is 0 Å². The number of hydrogen-bond acceptors (Lipinski definition) is 4. The fourth-order valence-corrected chi connectivity index (χ4v) is 2.15. The lowest BCUT2D eigenvalue weighted by Crippen LogP contribution is -2.39. The van der Waals surface area contributed by atoms with E-state index in [0.29, 0.717) is 32.9 Å². The van der Waals surface area contributed by atoms with Crippen molar-refractivity contribution in [2.24, 2.45) is 0 Å². The second kappa shape index (κ2) is 5.59. The molecule has 2 fully saturated rings. The zero-order valence-corrected chi connectivity index (χ0v) is 10.7. The van der Waals surface area contributed by atoms with E-state index in [9.17, 15) is 4.79 Å². The Balaban J connectivity index is 1.51. The van der Waals surface area contributed by atoms with E-state index in [0.717, 1.165) is 5.56 Å². The molecule has 0 aliphatic carbocycles. The second-order valence-corrected chi connectivity index (χ2v) is 4.77. The van der Waals surface area contributed by atoms with Crippen molar-refractivity contribution >= 4 is 6.09 Å². The van der Waals surface area contributed by atoms with Crippen molar-refractivity contribution in [1.29, 1.82) is 0 Å². The van der Waals surface area contributed by atoms with E-state index >= 15 is 0 Å². The molecule has 5 heteroatoms. The number of carbonyl (C=O) groups is 1. The van der Waals surface area contributed by atoms with Crippen LogP contribution in [0.3, 0.4) is 0 Å². The highest BCUT2D eigenvalue weighted by atomic mass is 16.6. The molecule has 2 atom stereocenters. The first-order chi connectivity index (χ1) is 9.33. The molecule has 1 aromatic carbocycles. The Morgan fingerprint density at radius 2 is 2.16 bits per heavy atom. The summed E-state index contributed by atoms with van der Waals surface area (Å²) in [5.41, 5.74) is 0.986. The molecule has 2 saturated heterocycles. The van der Waals surface area contributed by atoms with Gasteiger partial charge in [0.15, 0.2) is 0 Å². The summed E-state index contributed by atoms with van der Waals surface area (Å²) in [5, 5.41) is 0. The summed E-state index contributed by atoms with van der Waals surface area (Å²) < 4.78 is 16.1. The van der Waals surface area contributed by atoms with Gasteiger partial charge in [0.1, 0.15) is 18.8 Å². The zero-order valence-electron chi connectivity index (χ0n) is 10.7. The summed E-state index contributed by atoms with van der Waals surface area (Å²) in [6, 6.07) is 9.66. The average Bonchev–Trinajstić information content (AvgIpc) is 3.14. The largest absolute Gasteiger partial charge is 0.445 e. The molecule has 2 heterocycles. The average molecular weight is 263 g/mol. The molecule has 0 aromatic heterocycles. The van der Waals surface area contributed by atoms with E-state index < -0.39 is 0 Å². The van der Waals surface area contributed by atoms with Crippen molar-refractivity contribution in [2.75, 3.05) is 26.3 Å². The highest BCUT2D eigenvalue weighted by molar-refractivity contribution is 5.67. The van der Waals surface area contributed by atoms with Gasteiger partial charge in [-0.2, -0.15) is 0 Å². The van der Waals surface area contributed by atoms with Crippen molar-refractivity contribution < 1.29 is 19.0 Å². The molecule has 0 saturated carbocycles. The molecule has 102 valence electrons. The third-order valence-corrected chi connectivity index (χ3v) is 3.34. The Hall–Kier alpha value is -1.59. The van der Waals surface area contributed by atoms with Crippen molar-refractivity contribution in [3.8, 4) is 0 Å². The quantitative estimate of drug-likeness (QED) is 0.757. The summed E-state index contributed by atoms with van der Waals surface area (Å²) >= 11 is 0. The van der Waals surface area contributed by atoms with Crippen LogP contribution in [-0.4, -0.2) is 49.5 Å². The lowest BCUT2D eigenvalue weighted by atomic mass is 10.2. The maximum Gasteiger partial charge on any atom is 0.410 e. The molecule has 19 heavy (non-hydrogen) atoms. The van der Waals surface area contributed by atoms with E-state index in [1.807, 2.05) is 30.3 Å². The first kappa shape index (κ1) is 12.4. The summed E-state index contributed by atoms with van der Waals surface area (Å²) in [5.74, 6) is 0. The number of rotatable bonds is 2. The summed E-state index contributed by atoms with van der Waals surface area (Å²) in [6.07, 6.45) is -0.0297. The smallest absolute Gasteiger partial charge is 0.410 e. The molecule has 0 bridgehead atoms.